The van der Waals surface area contributed by atoms with Crippen LogP contribution >= 0.6 is 11.8 Å². The van der Waals surface area contributed by atoms with Crippen LogP contribution in [0.1, 0.15) is 64.4 Å². The van der Waals surface area contributed by atoms with Crippen LogP contribution in [0.25, 0.3) is 0 Å². The molecule has 0 aromatic heterocycles. The highest BCUT2D eigenvalue weighted by Gasteiger charge is 2.44. The molecule has 0 saturated carbocycles. The second kappa shape index (κ2) is 11.4. The molecular weight excluding hydrogens is 528 g/mol. The zero-order chi connectivity index (χ0) is 28.4. The Kier molecular flexibility index (Phi) is 7.70. The fourth-order valence-corrected chi connectivity index (χ4v) is 5.47. The summed E-state index contributed by atoms with van der Waals surface area (Å²) in [5, 5.41) is 7.72. The minimum Gasteiger partial charge on any atom is -0.334 e. The quantitative estimate of drug-likeness (QED) is 0.363. The summed E-state index contributed by atoms with van der Waals surface area (Å²) in [4.78, 5) is 65.1. The van der Waals surface area contributed by atoms with Crippen molar-refractivity contribution in [1.29, 1.82) is 0 Å². The van der Waals surface area contributed by atoms with Gasteiger partial charge in [0.1, 0.15) is 6.04 Å². The van der Waals surface area contributed by atoms with Crippen molar-refractivity contribution in [3.63, 3.8) is 0 Å². The number of imide groups is 2. The highest BCUT2D eigenvalue weighted by atomic mass is 32.2. The monoisotopic (exact) mass is 556 g/mol. The summed E-state index contributed by atoms with van der Waals surface area (Å²) < 4.78 is 0. The maximum Gasteiger partial charge on any atom is 0.319 e. The van der Waals surface area contributed by atoms with E-state index in [0.717, 1.165) is 14.7 Å². The normalized spacial score (nSPS) is 16.7. The zero-order valence-electron chi connectivity index (χ0n) is 22.0. The maximum atomic E-state index is 13.0. The Morgan fingerprint density at radius 2 is 1.57 bits per heavy atom. The molecule has 3 aromatic carbocycles. The first-order chi connectivity index (χ1) is 19.2. The van der Waals surface area contributed by atoms with Gasteiger partial charge in [0.25, 0.3) is 11.8 Å². The van der Waals surface area contributed by atoms with E-state index in [1.165, 1.54) is 11.6 Å². The Bertz CT molecular complexity index is 1500. The van der Waals surface area contributed by atoms with E-state index < -0.39 is 35.7 Å². The molecule has 9 nitrogen and oxygen atoms in total. The number of benzene rings is 3. The van der Waals surface area contributed by atoms with Crippen LogP contribution < -0.4 is 16.0 Å². The fourth-order valence-electron chi connectivity index (χ4n) is 4.65. The van der Waals surface area contributed by atoms with Gasteiger partial charge in [0, 0.05) is 28.4 Å². The van der Waals surface area contributed by atoms with Gasteiger partial charge in [-0.2, -0.15) is 0 Å². The summed E-state index contributed by atoms with van der Waals surface area (Å²) in [6.07, 6.45) is 0.150. The van der Waals surface area contributed by atoms with Crippen LogP contribution in [0.2, 0.25) is 0 Å². The van der Waals surface area contributed by atoms with E-state index in [0.29, 0.717) is 17.2 Å². The number of urea groups is 1. The minimum absolute atomic E-state index is 0.0574. The first-order valence-corrected chi connectivity index (χ1v) is 13.8. The molecule has 0 spiro atoms. The van der Waals surface area contributed by atoms with Gasteiger partial charge in [-0.15, -0.1) is 0 Å². The number of nitrogens with zero attached hydrogens (tertiary/aromatic N) is 1. The first kappa shape index (κ1) is 27.1. The summed E-state index contributed by atoms with van der Waals surface area (Å²) in [5.74, 6) is -1.75. The molecular formula is C30H28N4O5S. The Morgan fingerprint density at radius 3 is 2.23 bits per heavy atom. The molecule has 3 aromatic rings. The van der Waals surface area contributed by atoms with E-state index in [2.05, 4.69) is 54.1 Å². The van der Waals surface area contributed by atoms with Crippen molar-refractivity contribution < 1.29 is 24.0 Å². The molecule has 1 unspecified atom stereocenters. The molecule has 204 valence electrons. The van der Waals surface area contributed by atoms with Crippen LogP contribution in [0.15, 0.2) is 76.5 Å². The van der Waals surface area contributed by atoms with Crippen LogP contribution in [-0.4, -0.2) is 40.6 Å². The summed E-state index contributed by atoms with van der Waals surface area (Å²) >= 11 is 1.64. The molecule has 6 amide bonds. The molecule has 2 heterocycles. The number of carbonyl (C=O) groups is 5. The van der Waals surface area contributed by atoms with Crippen molar-refractivity contribution >= 4 is 47.1 Å². The highest BCUT2D eigenvalue weighted by molar-refractivity contribution is 7.99. The van der Waals surface area contributed by atoms with Gasteiger partial charge in [0.15, 0.2) is 0 Å². The van der Waals surface area contributed by atoms with Gasteiger partial charge < -0.3 is 10.6 Å². The van der Waals surface area contributed by atoms with E-state index in [4.69, 9.17) is 0 Å². The molecule has 2 aliphatic rings. The van der Waals surface area contributed by atoms with E-state index in [1.54, 1.807) is 23.9 Å². The van der Waals surface area contributed by atoms with E-state index in [1.807, 2.05) is 24.3 Å². The Morgan fingerprint density at radius 1 is 0.925 bits per heavy atom. The number of carbonyl (C=O) groups excluding carboxylic acids is 5. The number of fused-ring (bicyclic) bond motifs is 1. The van der Waals surface area contributed by atoms with Crippen LogP contribution in [0.3, 0.4) is 0 Å². The Labute approximate surface area is 235 Å². The summed E-state index contributed by atoms with van der Waals surface area (Å²) in [6, 6.07) is 19.3. The van der Waals surface area contributed by atoms with Crippen LogP contribution in [0.4, 0.5) is 10.5 Å². The third-order valence-electron chi connectivity index (χ3n) is 6.85. The number of nitrogens with one attached hydrogen (secondary N) is 3. The van der Waals surface area contributed by atoms with E-state index in [9.17, 15) is 24.0 Å². The number of hydrogen-bond donors (Lipinski definition) is 3. The number of rotatable bonds is 7. The lowest BCUT2D eigenvalue weighted by Gasteiger charge is -2.27. The van der Waals surface area contributed by atoms with Crippen LogP contribution in [0.5, 0.6) is 0 Å². The van der Waals surface area contributed by atoms with Crippen molar-refractivity contribution in [3.8, 4) is 0 Å². The third kappa shape index (κ3) is 5.76. The van der Waals surface area contributed by atoms with Gasteiger partial charge in [0.2, 0.25) is 11.8 Å². The second-order valence-corrected chi connectivity index (χ2v) is 11.1. The van der Waals surface area contributed by atoms with Gasteiger partial charge in [0.05, 0.1) is 11.1 Å². The molecule has 10 heteroatoms. The largest absolute Gasteiger partial charge is 0.334 e. The highest BCUT2D eigenvalue weighted by Crippen LogP contribution is 2.30. The molecule has 2 aliphatic heterocycles. The average Bonchev–Trinajstić information content (AvgIpc) is 3.18. The number of piperidine rings is 1. The predicted octanol–water partition coefficient (Wildman–Crippen LogP) is 4.68. The fraction of sp³-hybridized carbons (Fsp3) is 0.233. The SMILES string of the molecule is CC(C)c1ccc(Sc2ccc(NC(=O)NCc3ccc4c(c3)C(=O)N(C3CCC(=O)NC3=O)C4=O)cc2)cc1. The molecule has 1 atom stereocenters. The van der Waals surface area contributed by atoms with Crippen molar-refractivity contribution in [2.45, 2.75) is 55.0 Å². The maximum absolute atomic E-state index is 13.0. The smallest absolute Gasteiger partial charge is 0.319 e. The van der Waals surface area contributed by atoms with Gasteiger partial charge in [-0.05, 0) is 72.0 Å². The molecule has 1 fully saturated rings. The summed E-state index contributed by atoms with van der Waals surface area (Å²) in [7, 11) is 0. The van der Waals surface area contributed by atoms with Crippen LogP contribution in [0, 0.1) is 0 Å². The van der Waals surface area contributed by atoms with Gasteiger partial charge in [-0.3, -0.25) is 29.4 Å². The minimum atomic E-state index is -1.02. The molecule has 3 N–H and O–H groups in total. The molecule has 0 aliphatic carbocycles. The Balaban J connectivity index is 1.15. The van der Waals surface area contributed by atoms with Gasteiger partial charge in [-0.25, -0.2) is 4.79 Å². The molecule has 0 radical (unpaired) electrons. The predicted molar refractivity (Wildman–Crippen MR) is 150 cm³/mol. The molecule has 0 bridgehead atoms. The van der Waals surface area contributed by atoms with Gasteiger partial charge >= 0.3 is 6.03 Å². The number of anilines is 1. The second-order valence-electron chi connectivity index (χ2n) is 9.98. The third-order valence-corrected chi connectivity index (χ3v) is 7.87. The van der Waals surface area contributed by atoms with Crippen molar-refractivity contribution in [3.05, 3.63) is 89.0 Å². The van der Waals surface area contributed by atoms with E-state index in [-0.39, 0.29) is 30.5 Å². The van der Waals surface area contributed by atoms with Crippen molar-refractivity contribution in [2.24, 2.45) is 0 Å². The number of hydrogen-bond acceptors (Lipinski definition) is 6. The lowest BCUT2D eigenvalue weighted by Crippen LogP contribution is -2.54. The lowest BCUT2D eigenvalue weighted by atomic mass is 10.0. The topological polar surface area (TPSA) is 125 Å². The standard InChI is InChI=1S/C30H28N4O5S/c1-17(2)19-4-8-21(9-5-19)40-22-10-6-20(7-11-22)32-30(39)31-16-18-3-12-23-24(15-18)29(38)34(28(23)37)25-13-14-26(35)33-27(25)36/h3-12,15,17,25H,13-14,16H2,1-2H3,(H2,31,32,39)(H,33,35,36). The van der Waals surface area contributed by atoms with E-state index >= 15 is 0 Å². The molecule has 40 heavy (non-hydrogen) atoms. The summed E-state index contributed by atoms with van der Waals surface area (Å²) in [5.41, 5.74) is 2.91. The lowest BCUT2D eigenvalue weighted by molar-refractivity contribution is -0.136. The first-order valence-electron chi connectivity index (χ1n) is 13.0. The zero-order valence-corrected chi connectivity index (χ0v) is 22.8. The summed E-state index contributed by atoms with van der Waals surface area (Å²) in [6.45, 7) is 4.45. The molecule has 5 rings (SSSR count). The van der Waals surface area contributed by atoms with Crippen molar-refractivity contribution in [2.75, 3.05) is 5.32 Å². The molecule has 1 saturated heterocycles. The Hall–Kier alpha value is -4.44. The van der Waals surface area contributed by atoms with Crippen molar-refractivity contribution in [1.82, 2.24) is 15.5 Å². The number of amides is 6. The van der Waals surface area contributed by atoms with Crippen LogP contribution in [-0.2, 0) is 16.1 Å². The van der Waals surface area contributed by atoms with Gasteiger partial charge in [-0.1, -0.05) is 43.8 Å². The average molecular weight is 557 g/mol.